The van der Waals surface area contributed by atoms with Crippen molar-refractivity contribution in [3.8, 4) is 0 Å². The maximum atomic E-state index is 8.40. The third kappa shape index (κ3) is 3.94. The summed E-state index contributed by atoms with van der Waals surface area (Å²) in [6.45, 7) is 0.566. The summed E-state index contributed by atoms with van der Waals surface area (Å²) in [5, 5.41) is 23.9. The second-order valence-electron chi connectivity index (χ2n) is 6.88. The summed E-state index contributed by atoms with van der Waals surface area (Å²) in [5.41, 5.74) is 3.62. The van der Waals surface area contributed by atoms with Crippen LogP contribution in [-0.2, 0) is 6.54 Å². The van der Waals surface area contributed by atoms with E-state index in [9.17, 15) is 0 Å². The molecule has 1 fully saturated rings. The highest BCUT2D eigenvalue weighted by Gasteiger charge is 2.30. The molecule has 1 aliphatic carbocycles. The number of hydrogen-bond acceptors (Lipinski definition) is 6. The highest BCUT2D eigenvalue weighted by Crippen LogP contribution is 2.30. The first kappa shape index (κ1) is 18.3. The van der Waals surface area contributed by atoms with E-state index in [0.717, 1.165) is 35.5 Å². The van der Waals surface area contributed by atoms with Gasteiger partial charge in [-0.05, 0) is 37.1 Å². The molecule has 144 valence electrons. The largest absolute Gasteiger partial charge is 0.379 e. The van der Waals surface area contributed by atoms with Crippen molar-refractivity contribution in [1.82, 2.24) is 14.9 Å². The maximum absolute atomic E-state index is 8.40. The zero-order valence-electron chi connectivity index (χ0n) is 15.6. The smallest absolute Gasteiger partial charge is 0.146 e. The minimum atomic E-state index is 0.302. The van der Waals surface area contributed by atoms with Gasteiger partial charge in [0.15, 0.2) is 0 Å². The Kier molecular flexibility index (Phi) is 4.92. The maximum Gasteiger partial charge on any atom is 0.146 e. The molecule has 3 N–H and O–H groups in total. The van der Waals surface area contributed by atoms with Gasteiger partial charge in [0, 0.05) is 30.5 Å². The lowest BCUT2D eigenvalue weighted by molar-refractivity contribution is 0.580. The average molecular weight is 396 g/mol. The van der Waals surface area contributed by atoms with E-state index >= 15 is 0 Å². The van der Waals surface area contributed by atoms with Crippen LogP contribution in [0, 0.1) is 10.8 Å². The quantitative estimate of drug-likeness (QED) is 0.360. The van der Waals surface area contributed by atoms with Crippen molar-refractivity contribution in [3.63, 3.8) is 0 Å². The molecule has 8 heteroatoms. The Morgan fingerprint density at radius 1 is 1.36 bits per heavy atom. The number of hydrogen-bond donors (Lipinski definition) is 3. The molecule has 4 rings (SSSR count). The molecule has 0 atom stereocenters. The van der Waals surface area contributed by atoms with Crippen LogP contribution in [0.1, 0.15) is 24.1 Å². The van der Waals surface area contributed by atoms with Crippen molar-refractivity contribution in [3.05, 3.63) is 65.2 Å². The molecule has 0 radical (unpaired) electrons. The van der Waals surface area contributed by atoms with E-state index in [-0.39, 0.29) is 0 Å². The van der Waals surface area contributed by atoms with E-state index < -0.39 is 0 Å². The van der Waals surface area contributed by atoms with Crippen molar-refractivity contribution >= 4 is 35.1 Å². The van der Waals surface area contributed by atoms with E-state index in [4.69, 9.17) is 22.4 Å². The SMILES string of the molecule is CN(c1ccnc(CNc2cccc(C(=N)N(C=N)C3CC3)c2)c1)N1C=C1Cl. The van der Waals surface area contributed by atoms with Crippen LogP contribution in [-0.4, -0.2) is 40.2 Å². The summed E-state index contributed by atoms with van der Waals surface area (Å²) in [6.07, 6.45) is 6.97. The fourth-order valence-electron chi connectivity index (χ4n) is 3.01. The summed E-state index contributed by atoms with van der Waals surface area (Å²) >= 11 is 5.96. The predicted molar refractivity (Wildman–Crippen MR) is 113 cm³/mol. The number of anilines is 2. The Hall–Kier alpha value is -3.06. The zero-order chi connectivity index (χ0) is 19.7. The number of nitrogens with zero attached hydrogens (tertiary/aromatic N) is 4. The Morgan fingerprint density at radius 3 is 2.82 bits per heavy atom. The molecule has 7 nitrogen and oxygen atoms in total. The predicted octanol–water partition coefficient (Wildman–Crippen LogP) is 3.80. The molecule has 28 heavy (non-hydrogen) atoms. The first-order valence-corrected chi connectivity index (χ1v) is 9.51. The van der Waals surface area contributed by atoms with Gasteiger partial charge in [0.1, 0.15) is 11.0 Å². The van der Waals surface area contributed by atoms with Crippen LogP contribution < -0.4 is 10.3 Å². The highest BCUT2D eigenvalue weighted by atomic mass is 35.5. The summed E-state index contributed by atoms with van der Waals surface area (Å²) in [7, 11) is 1.95. The monoisotopic (exact) mass is 395 g/mol. The van der Waals surface area contributed by atoms with Crippen molar-refractivity contribution in [2.75, 3.05) is 17.4 Å². The van der Waals surface area contributed by atoms with Crippen LogP contribution in [0.2, 0.25) is 0 Å². The van der Waals surface area contributed by atoms with Gasteiger partial charge in [0.25, 0.3) is 0 Å². The van der Waals surface area contributed by atoms with Crippen molar-refractivity contribution < 1.29 is 0 Å². The van der Waals surface area contributed by atoms with Gasteiger partial charge in [-0.25, -0.2) is 5.01 Å². The number of rotatable bonds is 8. The Morgan fingerprint density at radius 2 is 2.14 bits per heavy atom. The average Bonchev–Trinajstić information content (AvgIpc) is 3.64. The van der Waals surface area contributed by atoms with Crippen LogP contribution in [0.3, 0.4) is 0 Å². The van der Waals surface area contributed by atoms with E-state index in [1.807, 2.05) is 59.7 Å². The fourth-order valence-corrected chi connectivity index (χ4v) is 3.22. The lowest BCUT2D eigenvalue weighted by atomic mass is 10.1. The lowest BCUT2D eigenvalue weighted by Crippen LogP contribution is -2.31. The Balaban J connectivity index is 1.41. The van der Waals surface area contributed by atoms with Crippen LogP contribution in [0.25, 0.3) is 0 Å². The summed E-state index contributed by atoms with van der Waals surface area (Å²) in [5.74, 6) is 0.366. The highest BCUT2D eigenvalue weighted by molar-refractivity contribution is 6.31. The topological polar surface area (TPSA) is 82.1 Å². The molecule has 2 heterocycles. The van der Waals surface area contributed by atoms with E-state index in [2.05, 4.69) is 10.3 Å². The number of halogens is 1. The minimum absolute atomic E-state index is 0.302. The number of nitrogens with one attached hydrogen (secondary N) is 3. The van der Waals surface area contributed by atoms with Crippen LogP contribution >= 0.6 is 11.6 Å². The molecule has 1 aliphatic heterocycles. The van der Waals surface area contributed by atoms with Crippen LogP contribution in [0.15, 0.2) is 54.0 Å². The van der Waals surface area contributed by atoms with E-state index in [1.54, 1.807) is 11.1 Å². The second kappa shape index (κ2) is 7.52. The number of amidine groups is 1. The molecule has 1 saturated carbocycles. The molecule has 0 saturated heterocycles. The molecular weight excluding hydrogens is 374 g/mol. The number of benzene rings is 1. The molecule has 2 aromatic rings. The van der Waals surface area contributed by atoms with Gasteiger partial charge in [-0.1, -0.05) is 23.7 Å². The molecular formula is C20H22ClN7. The first-order chi connectivity index (χ1) is 13.6. The number of pyridine rings is 1. The standard InChI is InChI=1S/C20H22ClN7/c1-26(28-12-19(28)21)18-7-8-24-16(10-18)11-25-15-4-2-3-14(9-15)20(23)27(13-22)17-5-6-17/h2-4,7-10,12-13,17,22-23,25H,5-6,11H2,1H3. The second-order valence-corrected chi connectivity index (χ2v) is 7.26. The van der Waals surface area contributed by atoms with Gasteiger partial charge in [-0.15, -0.1) is 0 Å². The minimum Gasteiger partial charge on any atom is -0.379 e. The summed E-state index contributed by atoms with van der Waals surface area (Å²) in [4.78, 5) is 6.16. The van der Waals surface area contributed by atoms with Crippen LogP contribution in [0.4, 0.5) is 11.4 Å². The molecule has 1 aromatic heterocycles. The normalized spacial score (nSPS) is 14.9. The summed E-state index contributed by atoms with van der Waals surface area (Å²) in [6, 6.07) is 12.0. The van der Waals surface area contributed by atoms with E-state index in [1.165, 1.54) is 6.34 Å². The molecule has 0 amide bonds. The van der Waals surface area contributed by atoms with E-state index in [0.29, 0.717) is 23.6 Å². The molecule has 0 unspecified atom stereocenters. The molecule has 2 aliphatic rings. The van der Waals surface area contributed by atoms with Crippen LogP contribution in [0.5, 0.6) is 0 Å². The van der Waals surface area contributed by atoms with Crippen molar-refractivity contribution in [1.29, 1.82) is 10.8 Å². The van der Waals surface area contributed by atoms with Gasteiger partial charge in [-0.2, -0.15) is 0 Å². The molecule has 0 spiro atoms. The molecule has 0 bridgehead atoms. The Labute approximate surface area is 169 Å². The fraction of sp³-hybridized carbons (Fsp3) is 0.250. The van der Waals surface area contributed by atoms with Gasteiger partial charge < -0.3 is 10.2 Å². The third-order valence-corrected chi connectivity index (χ3v) is 5.09. The Bertz CT molecular complexity index is 938. The zero-order valence-corrected chi connectivity index (χ0v) is 16.3. The first-order valence-electron chi connectivity index (χ1n) is 9.14. The van der Waals surface area contributed by atoms with Gasteiger partial charge >= 0.3 is 0 Å². The van der Waals surface area contributed by atoms with Crippen molar-refractivity contribution in [2.24, 2.45) is 0 Å². The number of aromatic nitrogens is 1. The van der Waals surface area contributed by atoms with Gasteiger partial charge in [-0.3, -0.25) is 20.8 Å². The summed E-state index contributed by atoms with van der Waals surface area (Å²) < 4.78 is 0. The molecule has 1 aromatic carbocycles. The van der Waals surface area contributed by atoms with Gasteiger partial charge in [0.05, 0.1) is 30.5 Å². The van der Waals surface area contributed by atoms with Crippen molar-refractivity contribution in [2.45, 2.75) is 25.4 Å². The number of hydrazine groups is 1. The lowest BCUT2D eigenvalue weighted by Gasteiger charge is -2.22. The van der Waals surface area contributed by atoms with Gasteiger partial charge in [0.2, 0.25) is 0 Å². The third-order valence-electron chi connectivity index (χ3n) is 4.82.